The Bertz CT molecular complexity index is 375. The standard InChI is InChI=1S/C14H25N3O3/c1-10-8-11(13(18)19)5-7-17(10)14(20)15-9-12-4-3-6-16(12)2/h10-12H,3-9H2,1-2H3,(H,15,20)(H,18,19). The molecule has 2 N–H and O–H groups in total. The number of urea groups is 1. The molecule has 0 aromatic carbocycles. The molecule has 2 saturated heterocycles. The molecule has 114 valence electrons. The van der Waals surface area contributed by atoms with Gasteiger partial charge in [0.15, 0.2) is 0 Å². The topological polar surface area (TPSA) is 72.9 Å². The molecule has 3 atom stereocenters. The molecule has 6 nitrogen and oxygen atoms in total. The van der Waals surface area contributed by atoms with Crippen molar-refractivity contribution in [2.45, 2.75) is 44.7 Å². The van der Waals surface area contributed by atoms with Crippen molar-refractivity contribution in [3.8, 4) is 0 Å². The van der Waals surface area contributed by atoms with Crippen LogP contribution in [-0.2, 0) is 4.79 Å². The smallest absolute Gasteiger partial charge is 0.317 e. The molecule has 20 heavy (non-hydrogen) atoms. The Morgan fingerprint density at radius 1 is 1.30 bits per heavy atom. The van der Waals surface area contributed by atoms with Crippen LogP contribution in [0.25, 0.3) is 0 Å². The third kappa shape index (κ3) is 3.42. The number of nitrogens with zero attached hydrogens (tertiary/aromatic N) is 2. The third-order valence-corrected chi connectivity index (χ3v) is 4.65. The van der Waals surface area contributed by atoms with Crippen LogP contribution in [0.15, 0.2) is 0 Å². The highest BCUT2D eigenvalue weighted by Gasteiger charge is 2.32. The summed E-state index contributed by atoms with van der Waals surface area (Å²) in [5.41, 5.74) is 0. The fourth-order valence-electron chi connectivity index (χ4n) is 3.24. The minimum absolute atomic E-state index is 0.00819. The lowest BCUT2D eigenvalue weighted by atomic mass is 9.92. The fourth-order valence-corrected chi connectivity index (χ4v) is 3.24. The average molecular weight is 283 g/mol. The fraction of sp³-hybridized carbons (Fsp3) is 0.857. The lowest BCUT2D eigenvalue weighted by Crippen LogP contribution is -2.52. The summed E-state index contributed by atoms with van der Waals surface area (Å²) in [5.74, 6) is -1.06. The van der Waals surface area contributed by atoms with E-state index in [1.165, 1.54) is 6.42 Å². The van der Waals surface area contributed by atoms with Crippen molar-refractivity contribution in [3.63, 3.8) is 0 Å². The van der Waals surface area contributed by atoms with Gasteiger partial charge in [-0.05, 0) is 46.2 Å². The lowest BCUT2D eigenvalue weighted by Gasteiger charge is -2.36. The van der Waals surface area contributed by atoms with Gasteiger partial charge in [0.2, 0.25) is 0 Å². The molecular weight excluding hydrogens is 258 g/mol. The predicted octanol–water partition coefficient (Wildman–Crippen LogP) is 0.975. The Kier molecular flexibility index (Phi) is 4.86. The number of likely N-dealkylation sites (N-methyl/N-ethyl adjacent to an activating group) is 1. The molecule has 0 radical (unpaired) electrons. The predicted molar refractivity (Wildman–Crippen MR) is 75.6 cm³/mol. The van der Waals surface area contributed by atoms with Gasteiger partial charge < -0.3 is 20.2 Å². The number of carboxylic acid groups (broad SMARTS) is 1. The van der Waals surface area contributed by atoms with Crippen LogP contribution in [0.1, 0.15) is 32.6 Å². The van der Waals surface area contributed by atoms with Crippen LogP contribution in [0.5, 0.6) is 0 Å². The first kappa shape index (κ1) is 15.1. The minimum Gasteiger partial charge on any atom is -0.481 e. The zero-order valence-corrected chi connectivity index (χ0v) is 12.3. The molecule has 2 heterocycles. The van der Waals surface area contributed by atoms with Crippen LogP contribution in [0, 0.1) is 5.92 Å². The van der Waals surface area contributed by atoms with Crippen LogP contribution in [-0.4, -0.2) is 65.7 Å². The number of aliphatic carboxylic acids is 1. The Morgan fingerprint density at radius 3 is 2.60 bits per heavy atom. The monoisotopic (exact) mass is 283 g/mol. The molecule has 6 heteroatoms. The maximum absolute atomic E-state index is 12.2. The van der Waals surface area contributed by atoms with E-state index in [4.69, 9.17) is 5.11 Å². The van der Waals surface area contributed by atoms with Crippen molar-refractivity contribution < 1.29 is 14.7 Å². The first-order valence-electron chi connectivity index (χ1n) is 7.46. The summed E-state index contributed by atoms with van der Waals surface area (Å²) < 4.78 is 0. The van der Waals surface area contributed by atoms with Gasteiger partial charge in [-0.25, -0.2) is 4.79 Å². The largest absolute Gasteiger partial charge is 0.481 e. The van der Waals surface area contributed by atoms with Crippen molar-refractivity contribution in [1.29, 1.82) is 0 Å². The first-order chi connectivity index (χ1) is 9.49. The summed E-state index contributed by atoms with van der Waals surface area (Å²) in [5, 5.41) is 12.0. The van der Waals surface area contributed by atoms with E-state index in [-0.39, 0.29) is 18.0 Å². The Balaban J connectivity index is 1.79. The highest BCUT2D eigenvalue weighted by molar-refractivity contribution is 5.75. The molecule has 2 aliphatic heterocycles. The van der Waals surface area contributed by atoms with Crippen LogP contribution in [0.4, 0.5) is 4.79 Å². The van der Waals surface area contributed by atoms with Crippen molar-refractivity contribution >= 4 is 12.0 Å². The van der Waals surface area contributed by atoms with Crippen LogP contribution in [0.3, 0.4) is 0 Å². The van der Waals surface area contributed by atoms with Gasteiger partial charge in [-0.1, -0.05) is 0 Å². The van der Waals surface area contributed by atoms with Crippen molar-refractivity contribution in [1.82, 2.24) is 15.1 Å². The van der Waals surface area contributed by atoms with Crippen molar-refractivity contribution in [3.05, 3.63) is 0 Å². The summed E-state index contributed by atoms with van der Waals surface area (Å²) in [6.07, 6.45) is 3.42. The molecule has 3 unspecified atom stereocenters. The summed E-state index contributed by atoms with van der Waals surface area (Å²) in [7, 11) is 2.09. The summed E-state index contributed by atoms with van der Waals surface area (Å²) in [6.45, 7) is 4.24. The van der Waals surface area contributed by atoms with E-state index in [1.54, 1.807) is 4.90 Å². The number of likely N-dealkylation sites (tertiary alicyclic amines) is 2. The number of nitrogens with one attached hydrogen (secondary N) is 1. The number of hydrogen-bond donors (Lipinski definition) is 2. The van der Waals surface area contributed by atoms with E-state index in [0.29, 0.717) is 32.0 Å². The van der Waals surface area contributed by atoms with Crippen molar-refractivity contribution in [2.75, 3.05) is 26.7 Å². The molecule has 0 aromatic rings. The molecule has 2 amide bonds. The maximum Gasteiger partial charge on any atom is 0.317 e. The number of rotatable bonds is 3. The van der Waals surface area contributed by atoms with E-state index in [1.807, 2.05) is 6.92 Å². The van der Waals surface area contributed by atoms with Gasteiger partial charge in [-0.3, -0.25) is 4.79 Å². The van der Waals surface area contributed by atoms with Gasteiger partial charge in [-0.2, -0.15) is 0 Å². The van der Waals surface area contributed by atoms with Gasteiger partial charge >= 0.3 is 12.0 Å². The molecule has 2 fully saturated rings. The van der Waals surface area contributed by atoms with Gasteiger partial charge in [0.1, 0.15) is 0 Å². The molecular formula is C14H25N3O3. The summed E-state index contributed by atoms with van der Waals surface area (Å²) in [6, 6.07) is 0.374. The van der Waals surface area contributed by atoms with Gasteiger partial charge in [-0.15, -0.1) is 0 Å². The number of piperidine rings is 1. The van der Waals surface area contributed by atoms with Crippen LogP contribution in [0.2, 0.25) is 0 Å². The van der Waals surface area contributed by atoms with Crippen molar-refractivity contribution in [2.24, 2.45) is 5.92 Å². The minimum atomic E-state index is -0.746. The van der Waals surface area contributed by atoms with Gasteiger partial charge in [0.25, 0.3) is 0 Å². The summed E-state index contributed by atoms with van der Waals surface area (Å²) in [4.78, 5) is 27.2. The molecule has 0 aromatic heterocycles. The molecule has 0 saturated carbocycles. The van der Waals surface area contributed by atoms with E-state index >= 15 is 0 Å². The Hall–Kier alpha value is -1.30. The number of carboxylic acids is 1. The maximum atomic E-state index is 12.2. The lowest BCUT2D eigenvalue weighted by molar-refractivity contribution is -0.143. The van der Waals surface area contributed by atoms with E-state index in [2.05, 4.69) is 17.3 Å². The van der Waals surface area contributed by atoms with Gasteiger partial charge in [0.05, 0.1) is 5.92 Å². The summed E-state index contributed by atoms with van der Waals surface area (Å²) >= 11 is 0. The second kappa shape index (κ2) is 6.43. The second-order valence-corrected chi connectivity index (χ2v) is 6.06. The highest BCUT2D eigenvalue weighted by atomic mass is 16.4. The number of hydrogen-bond acceptors (Lipinski definition) is 3. The quantitative estimate of drug-likeness (QED) is 0.809. The van der Waals surface area contributed by atoms with Crippen LogP contribution < -0.4 is 5.32 Å². The van der Waals surface area contributed by atoms with Gasteiger partial charge in [0, 0.05) is 25.2 Å². The molecule has 2 aliphatic rings. The van der Waals surface area contributed by atoms with E-state index in [9.17, 15) is 9.59 Å². The first-order valence-corrected chi connectivity index (χ1v) is 7.46. The normalized spacial score (nSPS) is 31.3. The Labute approximate surface area is 120 Å². The molecule has 2 rings (SSSR count). The Morgan fingerprint density at radius 2 is 2.05 bits per heavy atom. The highest BCUT2D eigenvalue weighted by Crippen LogP contribution is 2.23. The molecule has 0 bridgehead atoms. The SMILES string of the molecule is CC1CC(C(=O)O)CCN1C(=O)NCC1CCCN1C. The van der Waals surface area contributed by atoms with E-state index in [0.717, 1.165) is 13.0 Å². The third-order valence-electron chi connectivity index (χ3n) is 4.65. The number of amides is 2. The molecule has 0 aliphatic carbocycles. The number of carbonyl (C=O) groups is 2. The molecule has 0 spiro atoms. The van der Waals surface area contributed by atoms with Crippen LogP contribution >= 0.6 is 0 Å². The number of carbonyl (C=O) groups excluding carboxylic acids is 1. The zero-order valence-electron chi connectivity index (χ0n) is 12.3. The second-order valence-electron chi connectivity index (χ2n) is 6.06. The van der Waals surface area contributed by atoms with E-state index < -0.39 is 5.97 Å². The average Bonchev–Trinajstić information content (AvgIpc) is 2.81. The zero-order chi connectivity index (χ0) is 14.7.